The number of aryl methyl sites for hydroxylation is 1. The van der Waals surface area contributed by atoms with Crippen LogP contribution in [0.5, 0.6) is 0 Å². The highest BCUT2D eigenvalue weighted by Crippen LogP contribution is 2.31. The Morgan fingerprint density at radius 2 is 2.41 bits per heavy atom. The first-order valence-corrected chi connectivity index (χ1v) is 7.82. The van der Waals surface area contributed by atoms with Crippen molar-refractivity contribution in [3.8, 4) is 6.07 Å². The zero-order chi connectivity index (χ0) is 15.7. The first-order valence-electron chi connectivity index (χ1n) is 6.94. The third kappa shape index (κ3) is 2.49. The van der Waals surface area contributed by atoms with E-state index >= 15 is 0 Å². The lowest BCUT2D eigenvalue weighted by Crippen LogP contribution is -2.39. The van der Waals surface area contributed by atoms with Gasteiger partial charge in [-0.2, -0.15) is 10.4 Å². The molecular weight excluding hydrogens is 300 g/mol. The summed E-state index contributed by atoms with van der Waals surface area (Å²) in [6, 6.07) is 3.71. The van der Waals surface area contributed by atoms with Gasteiger partial charge >= 0.3 is 0 Å². The van der Waals surface area contributed by atoms with Gasteiger partial charge in [0.15, 0.2) is 0 Å². The summed E-state index contributed by atoms with van der Waals surface area (Å²) in [6.07, 6.45) is 2.26. The van der Waals surface area contributed by atoms with Gasteiger partial charge in [0.05, 0.1) is 18.2 Å². The average Bonchev–Trinajstić information content (AvgIpc) is 3.19. The van der Waals surface area contributed by atoms with Crippen LogP contribution in [0.4, 0.5) is 5.00 Å². The van der Waals surface area contributed by atoms with Crippen molar-refractivity contribution in [1.82, 2.24) is 19.7 Å². The molecule has 0 aliphatic carbocycles. The maximum atomic E-state index is 12.7. The summed E-state index contributed by atoms with van der Waals surface area (Å²) in [6.45, 7) is 1.21. The Hall–Kier alpha value is -2.24. The smallest absolute Gasteiger partial charge is 0.245 e. The topological polar surface area (TPSA) is 78.1 Å². The number of nitrogens with zero attached hydrogens (tertiary/aromatic N) is 6. The summed E-state index contributed by atoms with van der Waals surface area (Å²) in [5, 5.41) is 15.8. The Bertz CT molecular complexity index is 730. The van der Waals surface area contributed by atoms with E-state index in [-0.39, 0.29) is 11.9 Å². The van der Waals surface area contributed by atoms with Crippen molar-refractivity contribution in [3.63, 3.8) is 0 Å². The van der Waals surface area contributed by atoms with Gasteiger partial charge in [-0.25, -0.2) is 4.98 Å². The molecule has 8 heteroatoms. The second-order valence-corrected chi connectivity index (χ2v) is 6.16. The van der Waals surface area contributed by atoms with Crippen LogP contribution < -0.4 is 4.90 Å². The summed E-state index contributed by atoms with van der Waals surface area (Å²) < 4.78 is 1.71. The molecule has 22 heavy (non-hydrogen) atoms. The summed E-state index contributed by atoms with van der Waals surface area (Å²) >= 11 is 1.43. The lowest BCUT2D eigenvalue weighted by atomic mass is 10.2. The number of hydrogen-bond acceptors (Lipinski definition) is 6. The number of rotatable bonds is 4. The molecule has 1 saturated heterocycles. The van der Waals surface area contributed by atoms with Crippen LogP contribution in [-0.2, 0) is 18.4 Å². The number of anilines is 1. The molecule has 7 nitrogen and oxygen atoms in total. The first-order chi connectivity index (χ1) is 10.6. The van der Waals surface area contributed by atoms with Gasteiger partial charge in [0.25, 0.3) is 0 Å². The van der Waals surface area contributed by atoms with E-state index in [4.69, 9.17) is 5.26 Å². The van der Waals surface area contributed by atoms with Gasteiger partial charge in [-0.15, -0.1) is 11.3 Å². The summed E-state index contributed by atoms with van der Waals surface area (Å²) in [5.41, 5.74) is 0.565. The van der Waals surface area contributed by atoms with E-state index in [1.165, 1.54) is 17.7 Å². The molecule has 2 aromatic rings. The van der Waals surface area contributed by atoms with Crippen molar-refractivity contribution in [3.05, 3.63) is 29.2 Å². The number of aromatic nitrogens is 3. The molecule has 1 aliphatic heterocycles. The van der Waals surface area contributed by atoms with E-state index < -0.39 is 0 Å². The quantitative estimate of drug-likeness (QED) is 0.840. The number of hydrogen-bond donors (Lipinski definition) is 0. The maximum absolute atomic E-state index is 12.7. The minimum atomic E-state index is -0.189. The van der Waals surface area contributed by atoms with Gasteiger partial charge in [0, 0.05) is 13.6 Å². The Morgan fingerprint density at radius 3 is 3.09 bits per heavy atom. The predicted octanol–water partition coefficient (Wildman–Crippen LogP) is 0.986. The standard InChI is InChI=1S/C14H16N6OS/c1-18(8-12-16-9-17-19(12)2)11-3-5-20(13(11)21)14-10(7-15)4-6-22-14/h4,6,9,11H,3,5,8H2,1-2H3/t11-/m1/s1. The average molecular weight is 316 g/mol. The van der Waals surface area contributed by atoms with E-state index in [0.29, 0.717) is 18.7 Å². The normalized spacial score (nSPS) is 18.2. The summed E-state index contributed by atoms with van der Waals surface area (Å²) in [4.78, 5) is 20.6. The Morgan fingerprint density at radius 1 is 1.59 bits per heavy atom. The van der Waals surface area contributed by atoms with E-state index in [2.05, 4.69) is 16.2 Å². The van der Waals surface area contributed by atoms with E-state index in [0.717, 1.165) is 17.2 Å². The van der Waals surface area contributed by atoms with Crippen molar-refractivity contribution < 1.29 is 4.79 Å². The molecule has 3 heterocycles. The first kappa shape index (κ1) is 14.7. The summed E-state index contributed by atoms with van der Waals surface area (Å²) in [7, 11) is 3.75. The van der Waals surface area contributed by atoms with Crippen LogP contribution in [0.25, 0.3) is 0 Å². The highest BCUT2D eigenvalue weighted by atomic mass is 32.1. The van der Waals surface area contributed by atoms with Crippen molar-refractivity contribution >= 4 is 22.2 Å². The number of carbonyl (C=O) groups is 1. The molecule has 0 bridgehead atoms. The third-order valence-corrected chi connectivity index (χ3v) is 4.85. The number of carbonyl (C=O) groups excluding carboxylic acids is 1. The lowest BCUT2D eigenvalue weighted by molar-refractivity contribution is -0.121. The zero-order valence-electron chi connectivity index (χ0n) is 12.4. The molecule has 0 aromatic carbocycles. The van der Waals surface area contributed by atoms with Crippen LogP contribution in [0.2, 0.25) is 0 Å². The highest BCUT2D eigenvalue weighted by molar-refractivity contribution is 7.14. The number of amides is 1. The van der Waals surface area contributed by atoms with E-state index in [1.807, 2.05) is 24.4 Å². The van der Waals surface area contributed by atoms with Crippen molar-refractivity contribution in [2.24, 2.45) is 7.05 Å². The Labute approximate surface area is 132 Å². The molecule has 1 amide bonds. The molecule has 0 N–H and O–H groups in total. The fourth-order valence-electron chi connectivity index (χ4n) is 2.67. The van der Waals surface area contributed by atoms with Gasteiger partial charge < -0.3 is 4.90 Å². The molecule has 0 saturated carbocycles. The number of nitriles is 1. The summed E-state index contributed by atoms with van der Waals surface area (Å²) in [5.74, 6) is 0.867. The van der Waals surface area contributed by atoms with Gasteiger partial charge in [-0.05, 0) is 24.9 Å². The predicted molar refractivity (Wildman–Crippen MR) is 82.3 cm³/mol. The Kier molecular flexibility index (Phi) is 3.92. The van der Waals surface area contributed by atoms with Crippen LogP contribution >= 0.6 is 11.3 Å². The number of likely N-dealkylation sites (N-methyl/N-ethyl adjacent to an activating group) is 1. The second kappa shape index (κ2) is 5.87. The molecular formula is C14H16N6OS. The molecule has 114 valence electrons. The van der Waals surface area contributed by atoms with Crippen molar-refractivity contribution in [2.75, 3.05) is 18.5 Å². The Balaban J connectivity index is 1.74. The molecule has 0 spiro atoms. The molecule has 0 unspecified atom stereocenters. The molecule has 0 radical (unpaired) electrons. The number of thiophene rings is 1. The maximum Gasteiger partial charge on any atom is 0.245 e. The zero-order valence-corrected chi connectivity index (χ0v) is 13.2. The van der Waals surface area contributed by atoms with Gasteiger partial charge in [0.1, 0.15) is 23.2 Å². The fourth-order valence-corrected chi connectivity index (χ4v) is 3.55. The van der Waals surface area contributed by atoms with Crippen LogP contribution in [0, 0.1) is 11.3 Å². The van der Waals surface area contributed by atoms with Crippen LogP contribution in [0.3, 0.4) is 0 Å². The minimum Gasteiger partial charge on any atom is -0.301 e. The fraction of sp³-hybridized carbons (Fsp3) is 0.429. The minimum absolute atomic E-state index is 0.0450. The molecule has 3 rings (SSSR count). The molecule has 2 aromatic heterocycles. The molecule has 1 aliphatic rings. The lowest BCUT2D eigenvalue weighted by Gasteiger charge is -2.22. The highest BCUT2D eigenvalue weighted by Gasteiger charge is 2.36. The van der Waals surface area contributed by atoms with E-state index in [1.54, 1.807) is 15.6 Å². The van der Waals surface area contributed by atoms with Gasteiger partial charge in [0.2, 0.25) is 5.91 Å². The van der Waals surface area contributed by atoms with Gasteiger partial charge in [-0.3, -0.25) is 14.4 Å². The largest absolute Gasteiger partial charge is 0.301 e. The SMILES string of the molecule is CN(Cc1ncnn1C)[C@@H]1CCN(c2sccc2C#N)C1=O. The van der Waals surface area contributed by atoms with Crippen LogP contribution in [-0.4, -0.2) is 45.2 Å². The van der Waals surface area contributed by atoms with Gasteiger partial charge in [-0.1, -0.05) is 0 Å². The van der Waals surface area contributed by atoms with Crippen molar-refractivity contribution in [1.29, 1.82) is 5.26 Å². The molecule has 1 atom stereocenters. The second-order valence-electron chi connectivity index (χ2n) is 5.26. The van der Waals surface area contributed by atoms with E-state index in [9.17, 15) is 4.79 Å². The van der Waals surface area contributed by atoms with Crippen LogP contribution in [0.1, 0.15) is 17.8 Å². The molecule has 1 fully saturated rings. The third-order valence-electron chi connectivity index (χ3n) is 3.92. The van der Waals surface area contributed by atoms with Crippen LogP contribution in [0.15, 0.2) is 17.8 Å². The van der Waals surface area contributed by atoms with Crippen molar-refractivity contribution in [2.45, 2.75) is 19.0 Å². The monoisotopic (exact) mass is 316 g/mol.